The molecule has 2 aromatic heterocycles. The Morgan fingerprint density at radius 3 is 2.56 bits per heavy atom. The van der Waals surface area contributed by atoms with Gasteiger partial charge in [0.15, 0.2) is 17.5 Å². The molecule has 0 saturated carbocycles. The number of nitrogens with zero attached hydrogens (tertiary/aromatic N) is 3. The molecule has 32 heavy (non-hydrogen) atoms. The number of rotatable bonds is 10. The molecule has 7 nitrogen and oxygen atoms in total. The Morgan fingerprint density at radius 1 is 1.09 bits per heavy atom. The minimum Gasteiger partial charge on any atom is -0.490 e. The third-order valence-corrected chi connectivity index (χ3v) is 5.09. The van der Waals surface area contributed by atoms with Crippen molar-refractivity contribution in [2.45, 2.75) is 33.7 Å². The molecule has 0 fully saturated rings. The number of pyridine rings is 1. The molecule has 2 N–H and O–H groups in total. The van der Waals surface area contributed by atoms with Gasteiger partial charge in [0.05, 0.1) is 23.9 Å². The zero-order chi connectivity index (χ0) is 21.9. The van der Waals surface area contributed by atoms with Gasteiger partial charge in [-0.25, -0.2) is 15.0 Å². The Hall–Kier alpha value is -2.40. The van der Waals surface area contributed by atoms with Crippen LogP contribution in [-0.2, 0) is 13.0 Å². The average Bonchev–Trinajstić information content (AvgIpc) is 3.19. The third-order valence-electron chi connectivity index (χ3n) is 4.27. The topological polar surface area (TPSA) is 80.7 Å². The lowest BCUT2D eigenvalue weighted by atomic mass is 10.3. The number of aromatic nitrogens is 2. The van der Waals surface area contributed by atoms with Crippen LogP contribution in [0.1, 0.15) is 30.1 Å². The van der Waals surface area contributed by atoms with Crippen molar-refractivity contribution in [1.29, 1.82) is 0 Å². The fourth-order valence-corrected chi connectivity index (χ4v) is 3.48. The lowest BCUT2D eigenvalue weighted by molar-refractivity contribution is 0.319. The van der Waals surface area contributed by atoms with E-state index < -0.39 is 0 Å². The van der Waals surface area contributed by atoms with E-state index in [1.807, 2.05) is 50.2 Å². The number of para-hydroxylation sites is 2. The van der Waals surface area contributed by atoms with Crippen LogP contribution in [0.4, 0.5) is 0 Å². The number of hydrogen-bond acceptors (Lipinski definition) is 6. The van der Waals surface area contributed by atoms with Crippen LogP contribution in [-0.4, -0.2) is 35.6 Å². The van der Waals surface area contributed by atoms with Gasteiger partial charge in [-0.2, -0.15) is 0 Å². The summed E-state index contributed by atoms with van der Waals surface area (Å²) in [6.45, 7) is 8.69. The number of nitrogens with one attached hydrogen (secondary N) is 2. The summed E-state index contributed by atoms with van der Waals surface area (Å²) in [7, 11) is 0. The van der Waals surface area contributed by atoms with E-state index in [1.165, 1.54) is 0 Å². The van der Waals surface area contributed by atoms with Crippen LogP contribution in [0, 0.1) is 6.92 Å². The minimum atomic E-state index is 0. The highest BCUT2D eigenvalue weighted by Gasteiger charge is 2.06. The van der Waals surface area contributed by atoms with Gasteiger partial charge in [-0.3, -0.25) is 0 Å². The van der Waals surface area contributed by atoms with Crippen molar-refractivity contribution in [3.05, 3.63) is 64.2 Å². The lowest BCUT2D eigenvalue weighted by Gasteiger charge is -2.11. The maximum atomic E-state index is 5.88. The van der Waals surface area contributed by atoms with Gasteiger partial charge in [-0.1, -0.05) is 18.2 Å². The van der Waals surface area contributed by atoms with E-state index >= 15 is 0 Å². The molecule has 172 valence electrons. The largest absolute Gasteiger partial charge is 0.490 e. The number of halogens is 1. The molecule has 0 aliphatic rings. The van der Waals surface area contributed by atoms with Crippen LogP contribution in [0.25, 0.3) is 0 Å². The molecule has 0 amide bonds. The molecule has 9 heteroatoms. The fourth-order valence-electron chi connectivity index (χ4n) is 2.83. The fraction of sp³-hybridized carbons (Fsp3) is 0.348. The Morgan fingerprint density at radius 2 is 1.91 bits per heavy atom. The van der Waals surface area contributed by atoms with E-state index in [1.54, 1.807) is 17.5 Å². The van der Waals surface area contributed by atoms with Crippen LogP contribution in [0.3, 0.4) is 0 Å². The van der Waals surface area contributed by atoms with Crippen molar-refractivity contribution in [3.63, 3.8) is 0 Å². The zero-order valence-electron chi connectivity index (χ0n) is 18.6. The minimum absolute atomic E-state index is 0. The van der Waals surface area contributed by atoms with Crippen LogP contribution < -0.4 is 20.1 Å². The molecule has 0 bridgehead atoms. The van der Waals surface area contributed by atoms with Gasteiger partial charge in [-0.15, -0.1) is 35.3 Å². The molecule has 3 aromatic rings. The monoisotopic (exact) mass is 567 g/mol. The summed E-state index contributed by atoms with van der Waals surface area (Å²) in [4.78, 5) is 13.5. The van der Waals surface area contributed by atoms with Gasteiger partial charge < -0.3 is 20.1 Å². The number of guanidine groups is 1. The second-order valence-electron chi connectivity index (χ2n) is 6.72. The van der Waals surface area contributed by atoms with Gasteiger partial charge >= 0.3 is 0 Å². The molecule has 0 aliphatic heterocycles. The van der Waals surface area contributed by atoms with E-state index in [0.29, 0.717) is 30.5 Å². The normalized spacial score (nSPS) is 10.9. The Balaban J connectivity index is 0.00000363. The molecule has 0 atom stereocenters. The predicted octanol–water partition coefficient (Wildman–Crippen LogP) is 4.95. The second kappa shape index (κ2) is 13.9. The van der Waals surface area contributed by atoms with Gasteiger partial charge in [0.1, 0.15) is 0 Å². The number of benzene rings is 1. The number of aryl methyl sites for hydroxylation is 1. The number of ether oxygens (including phenoxy) is 2. The zero-order valence-corrected chi connectivity index (χ0v) is 21.8. The SMILES string of the molecule is CCNC(=NCc1ccc(Oc2ccccc2OCC)nc1)NCCc1csc(C)n1.I. The molecule has 2 heterocycles. The molecular formula is C23H30IN5O2S. The van der Waals surface area contributed by atoms with Gasteiger partial charge in [0.25, 0.3) is 0 Å². The molecule has 1 aromatic carbocycles. The smallest absolute Gasteiger partial charge is 0.219 e. The Bertz CT molecular complexity index is 979. The third kappa shape index (κ3) is 8.27. The van der Waals surface area contributed by atoms with E-state index in [2.05, 4.69) is 37.9 Å². The van der Waals surface area contributed by atoms with E-state index in [4.69, 9.17) is 9.47 Å². The molecular weight excluding hydrogens is 537 g/mol. The Labute approximate surface area is 210 Å². The first-order valence-corrected chi connectivity index (χ1v) is 11.3. The van der Waals surface area contributed by atoms with Crippen LogP contribution >= 0.6 is 35.3 Å². The quantitative estimate of drug-likeness (QED) is 0.205. The van der Waals surface area contributed by atoms with E-state index in [9.17, 15) is 0 Å². The second-order valence-corrected chi connectivity index (χ2v) is 7.78. The van der Waals surface area contributed by atoms with Crippen molar-refractivity contribution in [2.75, 3.05) is 19.7 Å². The van der Waals surface area contributed by atoms with E-state index in [-0.39, 0.29) is 24.0 Å². The van der Waals surface area contributed by atoms with Crippen molar-refractivity contribution >= 4 is 41.3 Å². The van der Waals surface area contributed by atoms with Crippen molar-refractivity contribution < 1.29 is 9.47 Å². The first-order chi connectivity index (χ1) is 15.2. The highest BCUT2D eigenvalue weighted by molar-refractivity contribution is 14.0. The first-order valence-electron chi connectivity index (χ1n) is 10.5. The summed E-state index contributed by atoms with van der Waals surface area (Å²) in [5, 5.41) is 9.82. The van der Waals surface area contributed by atoms with E-state index in [0.717, 1.165) is 41.7 Å². The molecule has 0 aliphatic carbocycles. The van der Waals surface area contributed by atoms with Gasteiger partial charge in [-0.05, 0) is 38.5 Å². The van der Waals surface area contributed by atoms with Crippen molar-refractivity contribution in [1.82, 2.24) is 20.6 Å². The first kappa shape index (κ1) is 25.9. The standard InChI is InChI=1S/C23H29N5O2S.HI/c1-4-24-23(25-13-12-19-16-31-17(3)28-19)27-15-18-10-11-22(26-14-18)30-21-9-7-6-8-20(21)29-5-2;/h6-11,14,16H,4-5,12-13,15H2,1-3H3,(H2,24,25,27);1H. The summed E-state index contributed by atoms with van der Waals surface area (Å²) in [6.07, 6.45) is 2.65. The molecule has 0 unspecified atom stereocenters. The predicted molar refractivity (Wildman–Crippen MR) is 141 cm³/mol. The maximum Gasteiger partial charge on any atom is 0.219 e. The van der Waals surface area contributed by atoms with Gasteiger partial charge in [0.2, 0.25) is 5.88 Å². The van der Waals surface area contributed by atoms with Crippen LogP contribution in [0.5, 0.6) is 17.4 Å². The maximum absolute atomic E-state index is 5.88. The molecule has 3 rings (SSSR count). The number of aliphatic imine (C=N–C) groups is 1. The summed E-state index contributed by atoms with van der Waals surface area (Å²) >= 11 is 1.68. The molecule has 0 radical (unpaired) electrons. The van der Waals surface area contributed by atoms with Gasteiger partial charge in [0, 0.05) is 37.2 Å². The molecule has 0 spiro atoms. The summed E-state index contributed by atoms with van der Waals surface area (Å²) in [6, 6.07) is 11.4. The lowest BCUT2D eigenvalue weighted by Crippen LogP contribution is -2.38. The number of hydrogen-bond donors (Lipinski definition) is 2. The van der Waals surface area contributed by atoms with Crippen LogP contribution in [0.15, 0.2) is 53.0 Å². The summed E-state index contributed by atoms with van der Waals surface area (Å²) in [5.41, 5.74) is 2.11. The highest BCUT2D eigenvalue weighted by Crippen LogP contribution is 2.30. The Kier molecular flexibility index (Phi) is 11.2. The summed E-state index contributed by atoms with van der Waals surface area (Å²) in [5.74, 6) is 2.65. The molecule has 0 saturated heterocycles. The number of thiazole rings is 1. The van der Waals surface area contributed by atoms with Crippen molar-refractivity contribution in [2.24, 2.45) is 4.99 Å². The highest BCUT2D eigenvalue weighted by atomic mass is 127. The van der Waals surface area contributed by atoms with Crippen LogP contribution in [0.2, 0.25) is 0 Å². The summed E-state index contributed by atoms with van der Waals surface area (Å²) < 4.78 is 11.5. The van der Waals surface area contributed by atoms with Crippen molar-refractivity contribution in [3.8, 4) is 17.4 Å². The average molecular weight is 567 g/mol.